The van der Waals surface area contributed by atoms with Gasteiger partial charge in [-0.3, -0.25) is 0 Å². The summed E-state index contributed by atoms with van der Waals surface area (Å²) in [6, 6.07) is 7.70. The molecule has 2 atom stereocenters. The Kier molecular flexibility index (Phi) is 3.64. The Bertz CT molecular complexity index is 347. The number of ether oxygens (including phenoxy) is 1. The Morgan fingerprint density at radius 2 is 2.12 bits per heavy atom. The Morgan fingerprint density at radius 3 is 2.62 bits per heavy atom. The molecule has 88 valence electrons. The van der Waals surface area contributed by atoms with Crippen molar-refractivity contribution in [3.05, 3.63) is 34.3 Å². The molecule has 0 saturated carbocycles. The number of rotatable bonds is 3. The molecule has 0 spiro atoms. The minimum absolute atomic E-state index is 0.312. The number of hydrogen-bond donors (Lipinski definition) is 2. The Morgan fingerprint density at radius 1 is 1.44 bits per heavy atom. The van der Waals surface area contributed by atoms with Crippen LogP contribution < -0.4 is 5.73 Å². The molecule has 16 heavy (non-hydrogen) atoms. The molecule has 1 saturated heterocycles. The summed E-state index contributed by atoms with van der Waals surface area (Å²) in [7, 11) is 0. The molecule has 0 bridgehead atoms. The van der Waals surface area contributed by atoms with Crippen molar-refractivity contribution in [3.8, 4) is 0 Å². The second-order valence-corrected chi connectivity index (χ2v) is 5.24. The van der Waals surface area contributed by atoms with Crippen LogP contribution in [0.5, 0.6) is 0 Å². The first-order valence-corrected chi connectivity index (χ1v) is 6.19. The molecule has 1 aromatic rings. The zero-order valence-electron chi connectivity index (χ0n) is 9.03. The standard InChI is InChI=1S/C12H16BrNO2/c13-10-3-1-9(2-4-10)11(15)12(7-14)5-6-16-8-12/h1-4,11,15H,5-8,14H2. The van der Waals surface area contributed by atoms with Crippen LogP contribution in [-0.4, -0.2) is 24.9 Å². The topological polar surface area (TPSA) is 55.5 Å². The summed E-state index contributed by atoms with van der Waals surface area (Å²) in [5.41, 5.74) is 6.38. The van der Waals surface area contributed by atoms with Gasteiger partial charge in [0.1, 0.15) is 0 Å². The van der Waals surface area contributed by atoms with E-state index in [2.05, 4.69) is 15.9 Å². The van der Waals surface area contributed by atoms with Gasteiger partial charge in [0.25, 0.3) is 0 Å². The van der Waals surface area contributed by atoms with E-state index in [-0.39, 0.29) is 5.41 Å². The van der Waals surface area contributed by atoms with Crippen molar-refractivity contribution >= 4 is 15.9 Å². The summed E-state index contributed by atoms with van der Waals surface area (Å²) in [6.07, 6.45) is 0.272. The zero-order chi connectivity index (χ0) is 11.6. The van der Waals surface area contributed by atoms with Crippen molar-refractivity contribution in [2.24, 2.45) is 11.1 Å². The van der Waals surface area contributed by atoms with Gasteiger partial charge in [0.2, 0.25) is 0 Å². The molecule has 1 aliphatic heterocycles. The molecule has 2 rings (SSSR count). The molecule has 4 heteroatoms. The second kappa shape index (κ2) is 4.84. The van der Waals surface area contributed by atoms with E-state index in [1.54, 1.807) is 0 Å². The van der Waals surface area contributed by atoms with Gasteiger partial charge in [-0.25, -0.2) is 0 Å². The van der Waals surface area contributed by atoms with Gasteiger partial charge in [-0.15, -0.1) is 0 Å². The number of nitrogens with two attached hydrogens (primary N) is 1. The van der Waals surface area contributed by atoms with Gasteiger partial charge in [0.15, 0.2) is 0 Å². The number of hydrogen-bond acceptors (Lipinski definition) is 3. The first-order chi connectivity index (χ1) is 7.68. The maximum atomic E-state index is 10.4. The van der Waals surface area contributed by atoms with Crippen molar-refractivity contribution in [2.45, 2.75) is 12.5 Å². The van der Waals surface area contributed by atoms with Crippen LogP contribution in [0.3, 0.4) is 0 Å². The van der Waals surface area contributed by atoms with E-state index >= 15 is 0 Å². The highest BCUT2D eigenvalue weighted by atomic mass is 79.9. The summed E-state index contributed by atoms with van der Waals surface area (Å²) in [5.74, 6) is 0. The molecule has 0 radical (unpaired) electrons. The molecule has 1 aromatic carbocycles. The van der Waals surface area contributed by atoms with Crippen LogP contribution >= 0.6 is 15.9 Å². The predicted molar refractivity (Wildman–Crippen MR) is 66.0 cm³/mol. The second-order valence-electron chi connectivity index (χ2n) is 4.32. The molecule has 1 fully saturated rings. The summed E-state index contributed by atoms with van der Waals surface area (Å²) in [4.78, 5) is 0. The molecule has 0 aromatic heterocycles. The maximum absolute atomic E-state index is 10.4. The highest BCUT2D eigenvalue weighted by molar-refractivity contribution is 9.10. The third kappa shape index (κ3) is 2.15. The highest BCUT2D eigenvalue weighted by Crippen LogP contribution is 2.40. The largest absolute Gasteiger partial charge is 0.388 e. The van der Waals surface area contributed by atoms with E-state index in [9.17, 15) is 5.11 Å². The summed E-state index contributed by atoms with van der Waals surface area (Å²) >= 11 is 3.38. The van der Waals surface area contributed by atoms with Gasteiger partial charge < -0.3 is 15.6 Å². The maximum Gasteiger partial charge on any atom is 0.0881 e. The fourth-order valence-corrected chi connectivity index (χ4v) is 2.37. The van der Waals surface area contributed by atoms with Gasteiger partial charge in [0.05, 0.1) is 12.7 Å². The fraction of sp³-hybridized carbons (Fsp3) is 0.500. The summed E-state index contributed by atoms with van der Waals surface area (Å²) in [6.45, 7) is 1.68. The van der Waals surface area contributed by atoms with Crippen LogP contribution in [-0.2, 0) is 4.74 Å². The molecule has 3 nitrogen and oxygen atoms in total. The lowest BCUT2D eigenvalue weighted by Gasteiger charge is -2.31. The van der Waals surface area contributed by atoms with Crippen molar-refractivity contribution in [1.29, 1.82) is 0 Å². The Hall–Kier alpha value is -0.420. The number of aliphatic hydroxyl groups excluding tert-OH is 1. The monoisotopic (exact) mass is 285 g/mol. The molecule has 0 amide bonds. The van der Waals surface area contributed by atoms with Crippen LogP contribution in [0, 0.1) is 5.41 Å². The van der Waals surface area contributed by atoms with E-state index < -0.39 is 6.10 Å². The SMILES string of the molecule is NCC1(C(O)c2ccc(Br)cc2)CCOC1. The Labute approximate surface area is 104 Å². The lowest BCUT2D eigenvalue weighted by Crippen LogP contribution is -2.37. The van der Waals surface area contributed by atoms with Crippen molar-refractivity contribution in [2.75, 3.05) is 19.8 Å². The van der Waals surface area contributed by atoms with Gasteiger partial charge >= 0.3 is 0 Å². The third-order valence-electron chi connectivity index (χ3n) is 3.31. The van der Waals surface area contributed by atoms with Gasteiger partial charge in [-0.05, 0) is 24.1 Å². The molecule has 0 aliphatic carbocycles. The normalized spacial score (nSPS) is 26.9. The lowest BCUT2D eigenvalue weighted by atomic mass is 9.78. The quantitative estimate of drug-likeness (QED) is 0.891. The van der Waals surface area contributed by atoms with Crippen molar-refractivity contribution in [1.82, 2.24) is 0 Å². The number of halogens is 1. The lowest BCUT2D eigenvalue weighted by molar-refractivity contribution is 0.0191. The first-order valence-electron chi connectivity index (χ1n) is 5.39. The predicted octanol–water partition coefficient (Wildman–Crippen LogP) is 1.85. The van der Waals surface area contributed by atoms with Crippen LogP contribution in [0.25, 0.3) is 0 Å². The number of aliphatic hydroxyl groups is 1. The van der Waals surface area contributed by atoms with Crippen LogP contribution in [0.1, 0.15) is 18.1 Å². The van der Waals surface area contributed by atoms with Crippen LogP contribution in [0.2, 0.25) is 0 Å². The van der Waals surface area contributed by atoms with Crippen molar-refractivity contribution in [3.63, 3.8) is 0 Å². The molecule has 1 heterocycles. The van der Waals surface area contributed by atoms with E-state index in [0.717, 1.165) is 16.5 Å². The third-order valence-corrected chi connectivity index (χ3v) is 3.83. The van der Waals surface area contributed by atoms with E-state index in [4.69, 9.17) is 10.5 Å². The molecule has 2 unspecified atom stereocenters. The van der Waals surface area contributed by atoms with E-state index in [1.165, 1.54) is 0 Å². The van der Waals surface area contributed by atoms with Crippen LogP contribution in [0.4, 0.5) is 0 Å². The zero-order valence-corrected chi connectivity index (χ0v) is 10.6. The van der Waals surface area contributed by atoms with Crippen LogP contribution in [0.15, 0.2) is 28.7 Å². The Balaban J connectivity index is 2.23. The average molecular weight is 286 g/mol. The molecular weight excluding hydrogens is 270 g/mol. The first kappa shape index (κ1) is 12.0. The average Bonchev–Trinajstić information content (AvgIpc) is 2.79. The van der Waals surface area contributed by atoms with Gasteiger partial charge in [0, 0.05) is 23.0 Å². The molecule has 1 aliphatic rings. The van der Waals surface area contributed by atoms with Crippen molar-refractivity contribution < 1.29 is 9.84 Å². The minimum atomic E-state index is -0.548. The van der Waals surface area contributed by atoms with E-state index in [0.29, 0.717) is 19.8 Å². The molecule has 3 N–H and O–H groups in total. The smallest absolute Gasteiger partial charge is 0.0881 e. The minimum Gasteiger partial charge on any atom is -0.388 e. The summed E-state index contributed by atoms with van der Waals surface area (Å²) < 4.78 is 6.38. The fourth-order valence-electron chi connectivity index (χ4n) is 2.11. The van der Waals surface area contributed by atoms with Gasteiger partial charge in [-0.2, -0.15) is 0 Å². The van der Waals surface area contributed by atoms with Gasteiger partial charge in [-0.1, -0.05) is 28.1 Å². The van der Waals surface area contributed by atoms with E-state index in [1.807, 2.05) is 24.3 Å². The summed E-state index contributed by atoms with van der Waals surface area (Å²) in [5, 5.41) is 10.4. The molecular formula is C12H16BrNO2. The number of benzene rings is 1. The highest BCUT2D eigenvalue weighted by Gasteiger charge is 2.41.